The minimum absolute atomic E-state index is 0.0394. The molecule has 74 heavy (non-hydrogen) atoms. The molecule has 16 atom stereocenters. The lowest BCUT2D eigenvalue weighted by Crippen LogP contribution is -2.61. The number of amides is 1. The number of hydrogen-bond acceptors (Lipinski definition) is 16. The molecule has 0 aromatic rings. The number of carbonyl (C=O) groups is 6. The molecule has 4 aliphatic rings. The van der Waals surface area contributed by atoms with Crippen molar-refractivity contribution < 1.29 is 77.6 Å². The van der Waals surface area contributed by atoms with Gasteiger partial charge in [-0.2, -0.15) is 0 Å². The molecule has 1 saturated carbocycles. The number of allylic oxidation sites excluding steroid dienone is 6. The molecule has 0 radical (unpaired) electrons. The van der Waals surface area contributed by atoms with Gasteiger partial charge in [-0.25, -0.2) is 4.79 Å². The number of hydrogen-bond donors (Lipinski definition) is 4. The fraction of sp³-hybridized carbons (Fsp3) is 0.754. The van der Waals surface area contributed by atoms with Gasteiger partial charge in [-0.3, -0.25) is 24.0 Å². The fourth-order valence-corrected chi connectivity index (χ4v) is 10.8. The van der Waals surface area contributed by atoms with Crippen LogP contribution in [0.1, 0.15) is 133 Å². The molecule has 0 spiro atoms. The summed E-state index contributed by atoms with van der Waals surface area (Å²) in [7, 11) is 4.44. The minimum Gasteiger partial charge on any atom is -0.460 e. The second-order valence-corrected chi connectivity index (χ2v) is 22.2. The Balaban J connectivity index is 1.71. The van der Waals surface area contributed by atoms with Crippen molar-refractivity contribution in [3.8, 4) is 0 Å². The second-order valence-electron chi connectivity index (χ2n) is 22.2. The average molecular weight is 1040 g/mol. The first-order valence-corrected chi connectivity index (χ1v) is 26.8. The summed E-state index contributed by atoms with van der Waals surface area (Å²) in [6.45, 7) is 14.8. The Labute approximate surface area is 439 Å². The van der Waals surface area contributed by atoms with E-state index < -0.39 is 120 Å². The maximum Gasteiger partial charge on any atom is 0.329 e. The summed E-state index contributed by atoms with van der Waals surface area (Å²) in [5.74, 6) is -9.59. The number of ether oxygens (including phenoxy) is 6. The zero-order valence-electron chi connectivity index (χ0n) is 46.2. The molecule has 2 unspecified atom stereocenters. The molecule has 0 aromatic heterocycles. The monoisotopic (exact) mass is 1040 g/mol. The van der Waals surface area contributed by atoms with Gasteiger partial charge in [0.05, 0.1) is 31.5 Å². The van der Waals surface area contributed by atoms with E-state index in [0.717, 1.165) is 10.5 Å². The van der Waals surface area contributed by atoms with Crippen molar-refractivity contribution in [2.75, 3.05) is 41.1 Å². The van der Waals surface area contributed by atoms with Gasteiger partial charge in [0.15, 0.2) is 5.78 Å². The van der Waals surface area contributed by atoms with Gasteiger partial charge < -0.3 is 53.7 Å². The molecule has 3 aliphatic heterocycles. The number of ketones is 3. The van der Waals surface area contributed by atoms with Crippen molar-refractivity contribution in [1.82, 2.24) is 4.90 Å². The maximum atomic E-state index is 14.6. The van der Waals surface area contributed by atoms with Gasteiger partial charge >= 0.3 is 11.9 Å². The van der Waals surface area contributed by atoms with Crippen molar-refractivity contribution in [1.29, 1.82) is 0 Å². The van der Waals surface area contributed by atoms with Crippen LogP contribution in [-0.4, -0.2) is 156 Å². The van der Waals surface area contributed by atoms with Gasteiger partial charge in [-0.1, -0.05) is 78.0 Å². The minimum atomic E-state index is -2.47. The van der Waals surface area contributed by atoms with E-state index in [1.807, 2.05) is 65.0 Å². The number of rotatable bonds is 10. The zero-order chi connectivity index (χ0) is 55.2. The summed E-state index contributed by atoms with van der Waals surface area (Å²) in [6.07, 6.45) is 9.26. The second kappa shape index (κ2) is 28.4. The molecular weight excluding hydrogens is 955 g/mol. The van der Waals surface area contributed by atoms with E-state index in [0.29, 0.717) is 56.9 Å². The number of piperidine rings is 1. The van der Waals surface area contributed by atoms with E-state index in [9.17, 15) is 49.2 Å². The van der Waals surface area contributed by atoms with E-state index in [2.05, 4.69) is 0 Å². The van der Waals surface area contributed by atoms with E-state index in [-0.39, 0.29) is 55.1 Å². The first-order valence-electron chi connectivity index (χ1n) is 26.8. The van der Waals surface area contributed by atoms with Gasteiger partial charge in [-0.15, -0.1) is 0 Å². The van der Waals surface area contributed by atoms with E-state index >= 15 is 0 Å². The molecule has 2 saturated heterocycles. The normalized spacial score (nSPS) is 38.1. The summed E-state index contributed by atoms with van der Waals surface area (Å²) < 4.78 is 35.5. The van der Waals surface area contributed by atoms with Crippen LogP contribution in [0.15, 0.2) is 47.6 Å². The number of nitrogens with zero attached hydrogens (tertiary/aromatic N) is 1. The van der Waals surface area contributed by atoms with E-state index in [4.69, 9.17) is 28.4 Å². The lowest BCUT2D eigenvalue weighted by molar-refractivity contribution is -0.265. The topological polar surface area (TPSA) is 242 Å². The van der Waals surface area contributed by atoms with Gasteiger partial charge in [0.1, 0.15) is 41.7 Å². The van der Waals surface area contributed by atoms with Gasteiger partial charge in [0.25, 0.3) is 11.7 Å². The molecular formula is C57H89NO16. The van der Waals surface area contributed by atoms with Crippen LogP contribution in [0.4, 0.5) is 0 Å². The molecule has 3 heterocycles. The quantitative estimate of drug-likeness (QED) is 0.112. The van der Waals surface area contributed by atoms with Crippen LogP contribution in [0.5, 0.6) is 0 Å². The van der Waals surface area contributed by atoms with Crippen LogP contribution >= 0.6 is 0 Å². The summed E-state index contributed by atoms with van der Waals surface area (Å²) >= 11 is 0. The lowest BCUT2D eigenvalue weighted by Gasteiger charge is -2.42. The molecule has 1 amide bonds. The number of Topliss-reactive ketones (excluding diaryl/α,β-unsaturated/α-hetero) is 3. The van der Waals surface area contributed by atoms with Crippen LogP contribution in [0.25, 0.3) is 0 Å². The van der Waals surface area contributed by atoms with Crippen LogP contribution < -0.4 is 0 Å². The van der Waals surface area contributed by atoms with Gasteiger partial charge in [0, 0.05) is 58.5 Å². The predicted octanol–water partition coefficient (Wildman–Crippen LogP) is 5.97. The Morgan fingerprint density at radius 1 is 0.865 bits per heavy atom. The van der Waals surface area contributed by atoms with Crippen LogP contribution in [0.3, 0.4) is 0 Å². The summed E-state index contributed by atoms with van der Waals surface area (Å²) in [4.78, 5) is 85.7. The standard InChI is InChI=1S/C57H89NO16/c1-33-18-14-13-15-19-34(2)46(69-10)29-42-23-21-38(6)57(68,74-42)52(64)53(65)58-25-17-16-20-43(58)54(66)72-47(30-44(61)35(3)26-37(5)49(62)51(71-12)50(63)40(8)39(33)7)36(4)27-41-22-24-45(48(28-41)70-11)73-55(67)56(9,31-59)32-60/h13-15,18-19,26,33,35-36,38-43,45-49,51,59-60,62,68H,16-17,20-25,27-32H2,1-12H3/b15-13+,18-14+,34-19+,37-26+/t33-,35-,36-,38-,39?,40-,41+,42?,43+,45-,46+,47+,48-,49-,51-,57-/m1/s1. The summed E-state index contributed by atoms with van der Waals surface area (Å²) in [6, 6.07) is -1.20. The first-order chi connectivity index (χ1) is 34.9. The van der Waals surface area contributed by atoms with Crippen molar-refractivity contribution in [2.45, 2.75) is 187 Å². The molecule has 2 bridgehead atoms. The largest absolute Gasteiger partial charge is 0.460 e. The molecule has 17 nitrogen and oxygen atoms in total. The Bertz CT molecular complexity index is 2040. The Morgan fingerprint density at radius 3 is 2.19 bits per heavy atom. The third-order valence-corrected chi connectivity index (χ3v) is 16.7. The highest BCUT2D eigenvalue weighted by molar-refractivity contribution is 6.39. The van der Waals surface area contributed by atoms with Gasteiger partial charge in [0.2, 0.25) is 5.79 Å². The molecule has 4 N–H and O–H groups in total. The Hall–Kier alpha value is -3.94. The lowest BCUT2D eigenvalue weighted by atomic mass is 9.78. The third kappa shape index (κ3) is 15.6. The Morgan fingerprint density at radius 2 is 1.55 bits per heavy atom. The van der Waals surface area contributed by atoms with E-state index in [1.165, 1.54) is 21.1 Å². The van der Waals surface area contributed by atoms with Crippen LogP contribution in [0.2, 0.25) is 0 Å². The fourth-order valence-electron chi connectivity index (χ4n) is 10.8. The van der Waals surface area contributed by atoms with Crippen molar-refractivity contribution in [3.63, 3.8) is 0 Å². The SMILES string of the molecule is CO[C@H]1CC2CC[C@@H](C)[C@@](O)(O2)C(=O)C(=O)N2CCCC[C@H]2C(=O)O[C@H]([C@H](C)C[C@@H]2CC[C@@H](OC(=O)C(C)(CO)CO)[C@H](OC)C2)CC(=O)[C@H](C)/C=C(\C)[C@@H](O)[C@@H](OC)C(=O)[C@H](C)C(C)[C@H](C)/C=C/C=C/C=C/1C. The predicted molar refractivity (Wildman–Crippen MR) is 276 cm³/mol. The number of fused-ring (bicyclic) bond motifs is 3. The zero-order valence-corrected chi connectivity index (χ0v) is 46.2. The highest BCUT2D eigenvalue weighted by Gasteiger charge is 2.53. The number of cyclic esters (lactones) is 1. The molecule has 418 valence electrons. The molecule has 0 aromatic carbocycles. The number of esters is 2. The molecule has 1 aliphatic carbocycles. The molecule has 17 heteroatoms. The van der Waals surface area contributed by atoms with Gasteiger partial charge in [-0.05, 0) is 113 Å². The highest BCUT2D eigenvalue weighted by atomic mass is 16.6. The summed E-state index contributed by atoms with van der Waals surface area (Å²) in [5, 5.41) is 43.2. The number of carbonyl (C=O) groups excluding carboxylic acids is 6. The number of methoxy groups -OCH3 is 3. The number of aliphatic hydroxyl groups excluding tert-OH is 3. The van der Waals surface area contributed by atoms with Crippen molar-refractivity contribution in [2.24, 2.45) is 46.8 Å². The van der Waals surface area contributed by atoms with Crippen molar-refractivity contribution >= 4 is 35.2 Å². The molecule has 3 fully saturated rings. The average Bonchev–Trinajstić information content (AvgIpc) is 3.39. The summed E-state index contributed by atoms with van der Waals surface area (Å²) in [5.41, 5.74) is -0.282. The first kappa shape index (κ1) is 62.6. The Kier molecular flexibility index (Phi) is 24.1. The highest BCUT2D eigenvalue weighted by Crippen LogP contribution is 2.39. The smallest absolute Gasteiger partial charge is 0.329 e. The van der Waals surface area contributed by atoms with Crippen LogP contribution in [-0.2, 0) is 57.2 Å². The molecule has 4 rings (SSSR count). The van der Waals surface area contributed by atoms with Crippen LogP contribution in [0, 0.1) is 46.8 Å². The third-order valence-electron chi connectivity index (χ3n) is 16.7. The van der Waals surface area contributed by atoms with Crippen molar-refractivity contribution in [3.05, 3.63) is 47.6 Å². The number of aliphatic hydroxyl groups is 4. The van der Waals surface area contributed by atoms with E-state index in [1.54, 1.807) is 34.0 Å². The maximum absolute atomic E-state index is 14.6.